The van der Waals surface area contributed by atoms with E-state index in [2.05, 4.69) is 26.5 Å². The largest absolute Gasteiger partial charge is 0.573 e. The lowest BCUT2D eigenvalue weighted by atomic mass is 10.1. The quantitative estimate of drug-likeness (QED) is 0.772. The summed E-state index contributed by atoms with van der Waals surface area (Å²) < 4.78 is 41.1. The number of halogens is 3. The average molecular weight is 407 g/mol. The highest BCUT2D eigenvalue weighted by molar-refractivity contribution is 6.03. The molecule has 3 heterocycles. The summed E-state index contributed by atoms with van der Waals surface area (Å²) in [4.78, 5) is 27.4. The number of amidine groups is 1. The maximum Gasteiger partial charge on any atom is 0.573 e. The molecule has 10 heteroatoms. The summed E-state index contributed by atoms with van der Waals surface area (Å²) in [7, 11) is 0. The van der Waals surface area contributed by atoms with Crippen LogP contribution in [-0.4, -0.2) is 77.9 Å². The van der Waals surface area contributed by atoms with E-state index in [1.807, 2.05) is 11.0 Å². The number of benzene rings is 1. The monoisotopic (exact) mass is 407 g/mol. The standard InChI is InChI=1S/C19H20F3N5O2/c1-13-11-23-17-10-16(24-12-27(13)17)25-5-7-26(8-6-25)18(28)14-3-2-4-15(9-14)29-19(20,21)22/h2-4,9-10,12-13H,5-8,11H2,1H3. The predicted octanol–water partition coefficient (Wildman–Crippen LogP) is 2.33. The van der Waals surface area contributed by atoms with Gasteiger partial charge in [0.15, 0.2) is 0 Å². The van der Waals surface area contributed by atoms with Crippen LogP contribution in [0.3, 0.4) is 0 Å². The summed E-state index contributed by atoms with van der Waals surface area (Å²) in [5.74, 6) is 0.975. The minimum Gasteiger partial charge on any atom is -0.406 e. The zero-order valence-electron chi connectivity index (χ0n) is 15.8. The van der Waals surface area contributed by atoms with E-state index in [1.165, 1.54) is 18.2 Å². The van der Waals surface area contributed by atoms with E-state index in [0.29, 0.717) is 32.2 Å². The van der Waals surface area contributed by atoms with Crippen molar-refractivity contribution in [2.24, 2.45) is 9.98 Å². The molecule has 29 heavy (non-hydrogen) atoms. The first-order chi connectivity index (χ1) is 13.8. The van der Waals surface area contributed by atoms with Gasteiger partial charge in [-0.15, -0.1) is 13.2 Å². The van der Waals surface area contributed by atoms with Crippen molar-refractivity contribution in [3.63, 3.8) is 0 Å². The van der Waals surface area contributed by atoms with Crippen LogP contribution in [0.4, 0.5) is 13.2 Å². The van der Waals surface area contributed by atoms with Crippen LogP contribution in [0, 0.1) is 0 Å². The van der Waals surface area contributed by atoms with Crippen LogP contribution in [0.25, 0.3) is 0 Å². The van der Waals surface area contributed by atoms with Gasteiger partial charge in [-0.2, -0.15) is 0 Å². The first kappa shape index (κ1) is 19.3. The van der Waals surface area contributed by atoms with Gasteiger partial charge in [-0.25, -0.2) is 4.99 Å². The van der Waals surface area contributed by atoms with Gasteiger partial charge in [0.1, 0.15) is 17.4 Å². The molecule has 1 unspecified atom stereocenters. The SMILES string of the molecule is CC1CN=C2C=C(N3CCN(C(=O)c4cccc(OC(F)(F)F)c4)CC3)N=CN21. The first-order valence-corrected chi connectivity index (χ1v) is 9.29. The number of amides is 1. The topological polar surface area (TPSA) is 60.7 Å². The average Bonchev–Trinajstić information content (AvgIpc) is 3.07. The summed E-state index contributed by atoms with van der Waals surface area (Å²) in [6.45, 7) is 4.88. The molecule has 3 aliphatic rings. The van der Waals surface area contributed by atoms with Crippen molar-refractivity contribution < 1.29 is 22.7 Å². The fourth-order valence-electron chi connectivity index (χ4n) is 3.51. The number of alkyl halides is 3. The van der Waals surface area contributed by atoms with Crippen LogP contribution < -0.4 is 4.74 Å². The molecule has 0 spiro atoms. The molecule has 1 aromatic carbocycles. The van der Waals surface area contributed by atoms with E-state index < -0.39 is 12.1 Å². The van der Waals surface area contributed by atoms with E-state index in [4.69, 9.17) is 0 Å². The number of fused-ring (bicyclic) bond motifs is 1. The summed E-state index contributed by atoms with van der Waals surface area (Å²) in [5, 5.41) is 0. The van der Waals surface area contributed by atoms with Crippen LogP contribution in [0.2, 0.25) is 0 Å². The third-order valence-electron chi connectivity index (χ3n) is 5.03. The summed E-state index contributed by atoms with van der Waals surface area (Å²) in [5.41, 5.74) is 0.167. The van der Waals surface area contributed by atoms with Gasteiger partial charge in [-0.1, -0.05) is 6.07 Å². The Labute approximate surface area is 165 Å². The first-order valence-electron chi connectivity index (χ1n) is 9.29. The second kappa shape index (κ2) is 7.41. The maximum atomic E-state index is 12.7. The van der Waals surface area contributed by atoms with Gasteiger partial charge in [0.2, 0.25) is 0 Å². The van der Waals surface area contributed by atoms with Gasteiger partial charge < -0.3 is 19.4 Å². The van der Waals surface area contributed by atoms with Crippen LogP contribution in [0.1, 0.15) is 17.3 Å². The second-order valence-electron chi connectivity index (χ2n) is 7.06. The Morgan fingerprint density at radius 3 is 2.69 bits per heavy atom. The van der Waals surface area contributed by atoms with E-state index in [-0.39, 0.29) is 11.5 Å². The third-order valence-corrected chi connectivity index (χ3v) is 5.03. The van der Waals surface area contributed by atoms with Crippen LogP contribution in [-0.2, 0) is 0 Å². The molecule has 1 saturated heterocycles. The predicted molar refractivity (Wildman–Crippen MR) is 101 cm³/mol. The fraction of sp³-hybridized carbons (Fsp3) is 0.421. The Morgan fingerprint density at radius 2 is 1.97 bits per heavy atom. The number of hydrogen-bond donors (Lipinski definition) is 0. The molecule has 0 saturated carbocycles. The molecule has 0 radical (unpaired) electrons. The summed E-state index contributed by atoms with van der Waals surface area (Å²) >= 11 is 0. The van der Waals surface area contributed by atoms with Crippen LogP contribution >= 0.6 is 0 Å². The molecule has 1 aromatic rings. The molecule has 1 amide bonds. The summed E-state index contributed by atoms with van der Waals surface area (Å²) in [6.07, 6.45) is -1.06. The smallest absolute Gasteiger partial charge is 0.406 e. The normalized spacial score (nSPS) is 21.7. The number of aliphatic imine (C=N–C) groups is 2. The Bertz CT molecular complexity index is 888. The maximum absolute atomic E-state index is 12.7. The number of hydrogen-bond acceptors (Lipinski definition) is 6. The van der Waals surface area contributed by atoms with E-state index in [0.717, 1.165) is 24.3 Å². The molecular weight excluding hydrogens is 387 g/mol. The van der Waals surface area contributed by atoms with Gasteiger partial charge in [0.05, 0.1) is 18.9 Å². The molecule has 0 N–H and O–H groups in total. The van der Waals surface area contributed by atoms with Crippen LogP contribution in [0.5, 0.6) is 5.75 Å². The number of rotatable bonds is 3. The molecule has 1 atom stereocenters. The highest BCUT2D eigenvalue weighted by atomic mass is 19.4. The van der Waals surface area contributed by atoms with Crippen molar-refractivity contribution in [3.8, 4) is 5.75 Å². The highest BCUT2D eigenvalue weighted by Crippen LogP contribution is 2.24. The van der Waals surface area contributed by atoms with Crippen molar-refractivity contribution in [2.45, 2.75) is 19.3 Å². The zero-order chi connectivity index (χ0) is 20.6. The molecule has 1 fully saturated rings. The molecular formula is C19H20F3N5O2. The lowest BCUT2D eigenvalue weighted by molar-refractivity contribution is -0.274. The number of nitrogens with zero attached hydrogens (tertiary/aromatic N) is 5. The molecule has 7 nitrogen and oxygen atoms in total. The summed E-state index contributed by atoms with van der Waals surface area (Å²) in [6, 6.07) is 5.45. The van der Waals surface area contributed by atoms with E-state index >= 15 is 0 Å². The van der Waals surface area contributed by atoms with E-state index in [1.54, 1.807) is 11.2 Å². The van der Waals surface area contributed by atoms with E-state index in [9.17, 15) is 18.0 Å². The number of ether oxygens (including phenoxy) is 1. The van der Waals surface area contributed by atoms with Crippen molar-refractivity contribution in [3.05, 3.63) is 41.7 Å². The van der Waals surface area contributed by atoms with Gasteiger partial charge in [0, 0.05) is 37.8 Å². The number of carbonyl (C=O) groups excluding carboxylic acids is 1. The minimum atomic E-state index is -4.79. The Morgan fingerprint density at radius 1 is 1.21 bits per heavy atom. The number of carbonyl (C=O) groups is 1. The lowest BCUT2D eigenvalue weighted by Gasteiger charge is -2.37. The van der Waals surface area contributed by atoms with Crippen LogP contribution in [0.15, 0.2) is 46.1 Å². The molecule has 0 bridgehead atoms. The zero-order valence-corrected chi connectivity index (χ0v) is 15.8. The Kier molecular flexibility index (Phi) is 4.93. The van der Waals surface area contributed by atoms with Gasteiger partial charge in [-0.3, -0.25) is 9.79 Å². The molecule has 0 aromatic heterocycles. The van der Waals surface area contributed by atoms with Crippen molar-refractivity contribution in [2.75, 3.05) is 32.7 Å². The molecule has 4 rings (SSSR count). The third kappa shape index (κ3) is 4.20. The molecule has 0 aliphatic carbocycles. The lowest BCUT2D eigenvalue weighted by Crippen LogP contribution is -2.48. The highest BCUT2D eigenvalue weighted by Gasteiger charge is 2.32. The Hall–Kier alpha value is -3.04. The van der Waals surface area contributed by atoms with Gasteiger partial charge in [0.25, 0.3) is 5.91 Å². The second-order valence-corrected chi connectivity index (χ2v) is 7.06. The van der Waals surface area contributed by atoms with Gasteiger partial charge in [-0.05, 0) is 25.1 Å². The molecule has 3 aliphatic heterocycles. The number of piperazine rings is 1. The van der Waals surface area contributed by atoms with Crippen molar-refractivity contribution in [1.29, 1.82) is 0 Å². The van der Waals surface area contributed by atoms with Gasteiger partial charge >= 0.3 is 6.36 Å². The van der Waals surface area contributed by atoms with Crippen molar-refractivity contribution >= 4 is 18.1 Å². The molecule has 154 valence electrons. The fourth-order valence-corrected chi connectivity index (χ4v) is 3.51. The van der Waals surface area contributed by atoms with Crippen molar-refractivity contribution in [1.82, 2.24) is 14.7 Å². The Balaban J connectivity index is 1.38. The minimum absolute atomic E-state index is 0.167.